The number of carbonyl (C=O) groups excluding carboxylic acids is 3. The highest BCUT2D eigenvalue weighted by Crippen LogP contribution is 2.08. The quantitative estimate of drug-likeness (QED) is 0.169. The maximum atomic E-state index is 12.3. The van der Waals surface area contributed by atoms with E-state index in [1.54, 1.807) is 0 Å². The third-order valence-corrected chi connectivity index (χ3v) is 6.07. The van der Waals surface area contributed by atoms with E-state index in [1.165, 1.54) is 0 Å². The van der Waals surface area contributed by atoms with Crippen LogP contribution in [0.2, 0.25) is 0 Å². The van der Waals surface area contributed by atoms with Crippen molar-refractivity contribution in [3.05, 3.63) is 108 Å². The molecule has 0 unspecified atom stereocenters. The molecule has 3 rings (SSSR count). The SMILES string of the molecule is O=C(CCCN(CCCC(=O)OCc1ccccc1)CCC(=O)OCc1ccccc1)OCc1ccccc1. The van der Waals surface area contributed by atoms with Gasteiger partial charge >= 0.3 is 17.9 Å². The summed E-state index contributed by atoms with van der Waals surface area (Å²) in [6, 6.07) is 28.7. The Hall–Kier alpha value is -3.97. The first-order valence-corrected chi connectivity index (χ1v) is 13.4. The van der Waals surface area contributed by atoms with Crippen molar-refractivity contribution in [3.63, 3.8) is 0 Å². The predicted octanol–water partition coefficient (Wildman–Crippen LogP) is 5.47. The van der Waals surface area contributed by atoms with Crippen LogP contribution >= 0.6 is 0 Å². The zero-order chi connectivity index (χ0) is 27.5. The van der Waals surface area contributed by atoms with Crippen LogP contribution in [0.4, 0.5) is 0 Å². The number of nitrogens with zero attached hydrogens (tertiary/aromatic N) is 1. The Morgan fingerprint density at radius 3 is 1.15 bits per heavy atom. The lowest BCUT2D eigenvalue weighted by Crippen LogP contribution is -2.30. The van der Waals surface area contributed by atoms with Crippen molar-refractivity contribution in [1.82, 2.24) is 4.90 Å². The standard InChI is InChI=1S/C32H37NO6/c34-30(37-24-27-12-4-1-5-13-27)18-10-21-33(23-20-32(36)39-26-29-16-8-3-9-17-29)22-11-19-31(35)38-25-28-14-6-2-7-15-28/h1-9,12-17H,10-11,18-26H2. The molecule has 206 valence electrons. The molecule has 7 nitrogen and oxygen atoms in total. The number of ether oxygens (including phenoxy) is 3. The molecule has 0 N–H and O–H groups in total. The lowest BCUT2D eigenvalue weighted by molar-refractivity contribution is -0.146. The molecular formula is C32H37NO6. The van der Waals surface area contributed by atoms with Crippen LogP contribution < -0.4 is 0 Å². The molecule has 0 amide bonds. The third-order valence-electron chi connectivity index (χ3n) is 6.07. The number of hydrogen-bond acceptors (Lipinski definition) is 7. The summed E-state index contributed by atoms with van der Waals surface area (Å²) >= 11 is 0. The Morgan fingerprint density at radius 1 is 0.462 bits per heavy atom. The molecule has 0 aromatic heterocycles. The second kappa shape index (κ2) is 17.5. The highest BCUT2D eigenvalue weighted by molar-refractivity contribution is 5.70. The molecule has 0 bridgehead atoms. The number of hydrogen-bond donors (Lipinski definition) is 0. The zero-order valence-corrected chi connectivity index (χ0v) is 22.3. The largest absolute Gasteiger partial charge is 0.461 e. The van der Waals surface area contributed by atoms with Gasteiger partial charge in [0, 0.05) is 19.4 Å². The Kier molecular flexibility index (Phi) is 13.3. The van der Waals surface area contributed by atoms with Gasteiger partial charge in [-0.15, -0.1) is 0 Å². The molecule has 3 aromatic rings. The van der Waals surface area contributed by atoms with Gasteiger partial charge in [-0.3, -0.25) is 14.4 Å². The van der Waals surface area contributed by atoms with Crippen molar-refractivity contribution in [1.29, 1.82) is 0 Å². The van der Waals surface area contributed by atoms with Crippen LogP contribution in [-0.2, 0) is 48.4 Å². The molecule has 7 heteroatoms. The highest BCUT2D eigenvalue weighted by atomic mass is 16.5. The van der Waals surface area contributed by atoms with E-state index < -0.39 is 0 Å². The number of esters is 3. The summed E-state index contributed by atoms with van der Waals surface area (Å²) in [5.41, 5.74) is 2.83. The van der Waals surface area contributed by atoms with Gasteiger partial charge in [0.1, 0.15) is 19.8 Å². The summed E-state index contributed by atoms with van der Waals surface area (Å²) in [6.45, 7) is 2.42. The summed E-state index contributed by atoms with van der Waals surface area (Å²) in [4.78, 5) is 38.8. The molecule has 39 heavy (non-hydrogen) atoms. The van der Waals surface area contributed by atoms with Gasteiger partial charge in [0.05, 0.1) is 6.42 Å². The molecule has 0 saturated heterocycles. The van der Waals surface area contributed by atoms with E-state index in [2.05, 4.69) is 4.90 Å². The normalized spacial score (nSPS) is 10.7. The minimum absolute atomic E-state index is 0.226. The summed E-state index contributed by atoms with van der Waals surface area (Å²) in [7, 11) is 0. The number of rotatable bonds is 17. The number of carbonyl (C=O) groups is 3. The Labute approximate surface area is 230 Å². The van der Waals surface area contributed by atoms with Gasteiger partial charge < -0.3 is 19.1 Å². The van der Waals surface area contributed by atoms with Gasteiger partial charge in [0.15, 0.2) is 0 Å². The third kappa shape index (κ3) is 12.9. The summed E-state index contributed by atoms with van der Waals surface area (Å²) in [5.74, 6) is -0.801. The molecule has 0 saturated carbocycles. The molecule has 0 aliphatic rings. The fourth-order valence-corrected chi connectivity index (χ4v) is 3.91. The van der Waals surface area contributed by atoms with E-state index >= 15 is 0 Å². The topological polar surface area (TPSA) is 82.1 Å². The van der Waals surface area contributed by atoms with E-state index in [0.29, 0.717) is 32.5 Å². The molecule has 0 aliphatic carbocycles. The lowest BCUT2D eigenvalue weighted by Gasteiger charge is -2.21. The van der Waals surface area contributed by atoms with Gasteiger partial charge in [-0.2, -0.15) is 0 Å². The molecule has 0 aliphatic heterocycles. The highest BCUT2D eigenvalue weighted by Gasteiger charge is 2.13. The second-order valence-corrected chi connectivity index (χ2v) is 9.24. The van der Waals surface area contributed by atoms with Crippen LogP contribution in [0.15, 0.2) is 91.0 Å². The summed E-state index contributed by atoms with van der Waals surface area (Å²) < 4.78 is 16.1. The van der Waals surface area contributed by atoms with E-state index in [-0.39, 0.29) is 57.0 Å². The Bertz CT molecular complexity index is 1060. The first-order valence-electron chi connectivity index (χ1n) is 13.4. The van der Waals surface area contributed by atoms with Crippen molar-refractivity contribution >= 4 is 17.9 Å². The average molecular weight is 532 g/mol. The molecule has 0 fully saturated rings. The van der Waals surface area contributed by atoms with E-state index in [1.807, 2.05) is 91.0 Å². The van der Waals surface area contributed by atoms with Crippen molar-refractivity contribution in [2.45, 2.75) is 51.9 Å². The molecule has 0 heterocycles. The maximum absolute atomic E-state index is 12.3. The van der Waals surface area contributed by atoms with Crippen LogP contribution in [0.5, 0.6) is 0 Å². The van der Waals surface area contributed by atoms with Gasteiger partial charge in [0.25, 0.3) is 0 Å². The second-order valence-electron chi connectivity index (χ2n) is 9.24. The first-order chi connectivity index (χ1) is 19.1. The Morgan fingerprint density at radius 2 is 0.795 bits per heavy atom. The van der Waals surface area contributed by atoms with Gasteiger partial charge in [-0.25, -0.2) is 0 Å². The van der Waals surface area contributed by atoms with Gasteiger partial charge in [-0.1, -0.05) is 91.0 Å². The molecule has 3 aromatic carbocycles. The summed E-state index contributed by atoms with van der Waals surface area (Å²) in [6.07, 6.45) is 1.96. The van der Waals surface area contributed by atoms with Crippen LogP contribution in [-0.4, -0.2) is 42.4 Å². The fraction of sp³-hybridized carbons (Fsp3) is 0.344. The molecule has 0 atom stereocenters. The van der Waals surface area contributed by atoms with Crippen LogP contribution in [0, 0.1) is 0 Å². The molecule has 0 spiro atoms. The number of benzene rings is 3. The average Bonchev–Trinajstić information content (AvgIpc) is 2.98. The van der Waals surface area contributed by atoms with E-state index in [4.69, 9.17) is 14.2 Å². The minimum atomic E-state index is -0.284. The zero-order valence-electron chi connectivity index (χ0n) is 22.3. The lowest BCUT2D eigenvalue weighted by atomic mass is 10.2. The van der Waals surface area contributed by atoms with Crippen LogP contribution in [0.3, 0.4) is 0 Å². The monoisotopic (exact) mass is 531 g/mol. The van der Waals surface area contributed by atoms with Crippen molar-refractivity contribution < 1.29 is 28.6 Å². The maximum Gasteiger partial charge on any atom is 0.307 e. The van der Waals surface area contributed by atoms with E-state index in [0.717, 1.165) is 16.7 Å². The van der Waals surface area contributed by atoms with Crippen molar-refractivity contribution in [2.75, 3.05) is 19.6 Å². The van der Waals surface area contributed by atoms with Gasteiger partial charge in [0.2, 0.25) is 0 Å². The summed E-state index contributed by atoms with van der Waals surface area (Å²) in [5, 5.41) is 0. The first kappa shape index (κ1) is 29.6. The smallest absolute Gasteiger partial charge is 0.307 e. The van der Waals surface area contributed by atoms with Crippen LogP contribution in [0.1, 0.15) is 48.8 Å². The molecule has 0 radical (unpaired) electrons. The Balaban J connectivity index is 1.39. The van der Waals surface area contributed by atoms with Crippen LogP contribution in [0.25, 0.3) is 0 Å². The predicted molar refractivity (Wildman–Crippen MR) is 148 cm³/mol. The van der Waals surface area contributed by atoms with Gasteiger partial charge in [-0.05, 0) is 42.6 Å². The van der Waals surface area contributed by atoms with Crippen molar-refractivity contribution in [2.24, 2.45) is 0 Å². The minimum Gasteiger partial charge on any atom is -0.461 e. The van der Waals surface area contributed by atoms with Crippen molar-refractivity contribution in [3.8, 4) is 0 Å². The van der Waals surface area contributed by atoms with E-state index in [9.17, 15) is 14.4 Å². The molecular weight excluding hydrogens is 494 g/mol. The fourth-order valence-electron chi connectivity index (χ4n) is 3.91.